The number of nitrogen functional groups attached to an aromatic ring is 1. The third kappa shape index (κ3) is 2.58. The molecule has 4 nitrogen and oxygen atoms in total. The minimum Gasteiger partial charge on any atom is -0.497 e. The first kappa shape index (κ1) is 14.2. The molecule has 21 heavy (non-hydrogen) atoms. The van der Waals surface area contributed by atoms with Crippen molar-refractivity contribution in [1.29, 1.82) is 0 Å². The summed E-state index contributed by atoms with van der Waals surface area (Å²) in [5.41, 5.74) is 6.75. The molecule has 2 aromatic rings. The molecule has 2 unspecified atom stereocenters. The molecule has 112 valence electrons. The number of rotatable bonds is 4. The highest BCUT2D eigenvalue weighted by Crippen LogP contribution is 2.39. The molecule has 0 radical (unpaired) electrons. The number of hydrogen-bond donors (Lipinski definition) is 1. The maximum Gasteiger partial charge on any atom is 0.265 e. The van der Waals surface area contributed by atoms with E-state index >= 15 is 0 Å². The number of benzene rings is 1. The number of hydrogen-bond acceptors (Lipinski definition) is 4. The van der Waals surface area contributed by atoms with Gasteiger partial charge < -0.3 is 15.4 Å². The topological polar surface area (TPSA) is 55.6 Å². The maximum atomic E-state index is 12.6. The van der Waals surface area contributed by atoms with Gasteiger partial charge in [-0.15, -0.1) is 11.3 Å². The number of methoxy groups -OCH3 is 1. The number of nitrogens with two attached hydrogens (primary N) is 1. The van der Waals surface area contributed by atoms with Gasteiger partial charge in [0, 0.05) is 23.7 Å². The summed E-state index contributed by atoms with van der Waals surface area (Å²) in [5, 5.41) is 0.928. The zero-order chi connectivity index (χ0) is 15.1. The monoisotopic (exact) mass is 304 g/mol. The Morgan fingerprint density at radius 2 is 2.24 bits per heavy atom. The smallest absolute Gasteiger partial charge is 0.265 e. The second-order valence-electron chi connectivity index (χ2n) is 5.87. The van der Waals surface area contributed by atoms with E-state index in [9.17, 15) is 4.79 Å². The summed E-state index contributed by atoms with van der Waals surface area (Å²) >= 11 is 1.44. The fourth-order valence-electron chi connectivity index (χ4n) is 2.64. The van der Waals surface area contributed by atoms with Crippen molar-refractivity contribution in [3.05, 3.63) is 23.1 Å². The number of ether oxygens (including phenoxy) is 1. The number of carbonyl (C=O) groups is 1. The summed E-state index contributed by atoms with van der Waals surface area (Å²) in [4.78, 5) is 15.0. The van der Waals surface area contributed by atoms with E-state index in [0.717, 1.165) is 28.3 Å². The largest absolute Gasteiger partial charge is 0.497 e. The SMILES string of the molecule is COc1ccc2c(N)c(C(=O)N(C)CC3CC3C)sc2c1. The van der Waals surface area contributed by atoms with Crippen molar-refractivity contribution in [2.75, 3.05) is 26.4 Å². The Bertz CT molecular complexity index is 695. The normalized spacial score (nSPS) is 20.5. The van der Waals surface area contributed by atoms with Crippen molar-refractivity contribution < 1.29 is 9.53 Å². The first-order valence-corrected chi connectivity index (χ1v) is 7.94. The molecule has 0 saturated heterocycles. The fraction of sp³-hybridized carbons (Fsp3) is 0.438. The van der Waals surface area contributed by atoms with E-state index in [1.807, 2.05) is 25.2 Å². The summed E-state index contributed by atoms with van der Waals surface area (Å²) in [5.74, 6) is 2.19. The summed E-state index contributed by atoms with van der Waals surface area (Å²) in [6.07, 6.45) is 1.22. The number of thiophene rings is 1. The molecule has 3 rings (SSSR count). The molecule has 1 aliphatic carbocycles. The number of fused-ring (bicyclic) bond motifs is 1. The summed E-state index contributed by atoms with van der Waals surface area (Å²) in [7, 11) is 3.49. The van der Waals surface area contributed by atoms with Crippen molar-refractivity contribution in [2.24, 2.45) is 11.8 Å². The molecule has 0 bridgehead atoms. The van der Waals surface area contributed by atoms with Crippen LogP contribution in [-0.2, 0) is 0 Å². The Morgan fingerprint density at radius 3 is 2.86 bits per heavy atom. The third-order valence-electron chi connectivity index (χ3n) is 4.26. The average molecular weight is 304 g/mol. The van der Waals surface area contributed by atoms with Gasteiger partial charge in [0.2, 0.25) is 0 Å². The van der Waals surface area contributed by atoms with Crippen molar-refractivity contribution >= 4 is 33.0 Å². The molecular weight excluding hydrogens is 284 g/mol. The molecule has 1 saturated carbocycles. The van der Waals surface area contributed by atoms with Gasteiger partial charge in [-0.05, 0) is 36.5 Å². The third-order valence-corrected chi connectivity index (χ3v) is 5.42. The second-order valence-corrected chi connectivity index (χ2v) is 6.92. The van der Waals surface area contributed by atoms with Crippen LogP contribution >= 0.6 is 11.3 Å². The van der Waals surface area contributed by atoms with Crippen LogP contribution in [0, 0.1) is 11.8 Å². The van der Waals surface area contributed by atoms with Crippen LogP contribution in [-0.4, -0.2) is 31.5 Å². The molecule has 1 aromatic carbocycles. The van der Waals surface area contributed by atoms with Crippen LogP contribution in [0.3, 0.4) is 0 Å². The van der Waals surface area contributed by atoms with Crippen molar-refractivity contribution in [2.45, 2.75) is 13.3 Å². The minimum absolute atomic E-state index is 0.0202. The Morgan fingerprint density at radius 1 is 1.52 bits per heavy atom. The Labute approximate surface area is 128 Å². The predicted molar refractivity (Wildman–Crippen MR) is 87.0 cm³/mol. The first-order chi connectivity index (χ1) is 10.0. The lowest BCUT2D eigenvalue weighted by Gasteiger charge is -2.16. The lowest BCUT2D eigenvalue weighted by atomic mass is 10.2. The zero-order valence-corrected chi connectivity index (χ0v) is 13.4. The van der Waals surface area contributed by atoms with E-state index in [2.05, 4.69) is 6.92 Å². The van der Waals surface area contributed by atoms with Gasteiger partial charge in [0.05, 0.1) is 12.8 Å². The maximum absolute atomic E-state index is 12.6. The van der Waals surface area contributed by atoms with Crippen LogP contribution in [0.4, 0.5) is 5.69 Å². The molecule has 1 aliphatic rings. The van der Waals surface area contributed by atoms with E-state index in [4.69, 9.17) is 10.5 Å². The highest BCUT2D eigenvalue weighted by molar-refractivity contribution is 7.21. The second kappa shape index (κ2) is 5.22. The van der Waals surface area contributed by atoms with Crippen LogP contribution in [0.5, 0.6) is 5.75 Å². The van der Waals surface area contributed by atoms with E-state index in [1.165, 1.54) is 17.8 Å². The molecule has 5 heteroatoms. The molecule has 1 amide bonds. The summed E-state index contributed by atoms with van der Waals surface area (Å²) < 4.78 is 6.21. The van der Waals surface area contributed by atoms with Gasteiger partial charge in [-0.1, -0.05) is 6.92 Å². The van der Waals surface area contributed by atoms with Gasteiger partial charge in [-0.3, -0.25) is 4.79 Å². The number of nitrogens with zero attached hydrogens (tertiary/aromatic N) is 1. The highest BCUT2D eigenvalue weighted by atomic mass is 32.1. The van der Waals surface area contributed by atoms with Gasteiger partial charge in [-0.2, -0.15) is 0 Å². The fourth-order valence-corrected chi connectivity index (χ4v) is 3.79. The Balaban J connectivity index is 1.88. The predicted octanol–water partition coefficient (Wildman–Crippen LogP) is 3.22. The molecule has 2 N–H and O–H groups in total. The lowest BCUT2D eigenvalue weighted by molar-refractivity contribution is 0.0793. The van der Waals surface area contributed by atoms with Gasteiger partial charge in [0.1, 0.15) is 10.6 Å². The summed E-state index contributed by atoms with van der Waals surface area (Å²) in [6, 6.07) is 5.71. The standard InChI is InChI=1S/C16H20N2O2S/c1-9-6-10(9)8-18(2)16(19)15-14(17)12-5-4-11(20-3)7-13(12)21-15/h4-5,7,9-10H,6,8,17H2,1-3H3. The molecule has 1 fully saturated rings. The molecule has 2 atom stereocenters. The van der Waals surface area contributed by atoms with Gasteiger partial charge in [0.25, 0.3) is 5.91 Å². The van der Waals surface area contributed by atoms with E-state index < -0.39 is 0 Å². The van der Waals surface area contributed by atoms with E-state index in [1.54, 1.807) is 12.0 Å². The molecule has 1 aromatic heterocycles. The quantitative estimate of drug-likeness (QED) is 0.943. The number of amides is 1. The number of carbonyl (C=O) groups excluding carboxylic acids is 1. The first-order valence-electron chi connectivity index (χ1n) is 7.12. The van der Waals surface area contributed by atoms with Gasteiger partial charge >= 0.3 is 0 Å². The lowest BCUT2D eigenvalue weighted by Crippen LogP contribution is -2.28. The molecular formula is C16H20N2O2S. The Kier molecular flexibility index (Phi) is 3.53. The van der Waals surface area contributed by atoms with Crippen LogP contribution in [0.25, 0.3) is 10.1 Å². The zero-order valence-electron chi connectivity index (χ0n) is 12.6. The molecule has 0 spiro atoms. The summed E-state index contributed by atoms with van der Waals surface area (Å²) in [6.45, 7) is 3.04. The van der Waals surface area contributed by atoms with Crippen molar-refractivity contribution in [3.8, 4) is 5.75 Å². The highest BCUT2D eigenvalue weighted by Gasteiger charge is 2.34. The van der Waals surface area contributed by atoms with Crippen LogP contribution in [0.2, 0.25) is 0 Å². The average Bonchev–Trinajstić information content (AvgIpc) is 3.06. The van der Waals surface area contributed by atoms with Crippen molar-refractivity contribution in [3.63, 3.8) is 0 Å². The molecule has 0 aliphatic heterocycles. The van der Waals surface area contributed by atoms with Crippen LogP contribution in [0.1, 0.15) is 23.0 Å². The van der Waals surface area contributed by atoms with Crippen molar-refractivity contribution in [1.82, 2.24) is 4.90 Å². The Hall–Kier alpha value is -1.75. The van der Waals surface area contributed by atoms with E-state index in [0.29, 0.717) is 16.5 Å². The van der Waals surface area contributed by atoms with Gasteiger partial charge in [0.15, 0.2) is 0 Å². The van der Waals surface area contributed by atoms with Gasteiger partial charge in [-0.25, -0.2) is 0 Å². The minimum atomic E-state index is 0.0202. The number of anilines is 1. The molecule has 1 heterocycles. The van der Waals surface area contributed by atoms with E-state index in [-0.39, 0.29) is 5.91 Å². The van der Waals surface area contributed by atoms with Crippen LogP contribution in [0.15, 0.2) is 18.2 Å². The van der Waals surface area contributed by atoms with Crippen LogP contribution < -0.4 is 10.5 Å².